The summed E-state index contributed by atoms with van der Waals surface area (Å²) in [6, 6.07) is 6.32. The summed E-state index contributed by atoms with van der Waals surface area (Å²) in [5.41, 5.74) is 0.584. The van der Waals surface area contributed by atoms with Crippen molar-refractivity contribution in [1.29, 1.82) is 0 Å². The van der Waals surface area contributed by atoms with Gasteiger partial charge >= 0.3 is 0 Å². The van der Waals surface area contributed by atoms with E-state index in [0.717, 1.165) is 0 Å². The number of nitrogens with two attached hydrogens (primary N) is 1. The predicted molar refractivity (Wildman–Crippen MR) is 43.2 cm³/mol. The molecule has 1 aromatic rings. The first-order valence-electron chi connectivity index (χ1n) is 3.52. The van der Waals surface area contributed by atoms with E-state index in [0.29, 0.717) is 5.56 Å². The maximum absolute atomic E-state index is 9.33. The fourth-order valence-electron chi connectivity index (χ4n) is 0.919. The number of aliphatic hydroxyl groups excluding tert-OH is 1. The minimum absolute atomic E-state index is 0.0173. The van der Waals surface area contributed by atoms with Crippen LogP contribution in [0, 0.1) is 0 Å². The first-order chi connectivity index (χ1) is 5.74. The van der Waals surface area contributed by atoms with E-state index in [1.54, 1.807) is 12.1 Å². The van der Waals surface area contributed by atoms with Crippen LogP contribution in [0.5, 0.6) is 5.75 Å². The molecule has 4 N–H and O–H groups in total. The smallest absolute Gasteiger partial charge is 0.115 e. The average molecular weight is 169 g/mol. The summed E-state index contributed by atoms with van der Waals surface area (Å²) in [5.74, 6) is 4.90. The molecule has 0 saturated heterocycles. The predicted octanol–water partition coefficient (Wildman–Crippen LogP) is 0.316. The van der Waals surface area contributed by atoms with Crippen molar-refractivity contribution in [3.05, 3.63) is 29.8 Å². The first kappa shape index (κ1) is 8.99. The Hall–Kier alpha value is -1.10. The van der Waals surface area contributed by atoms with E-state index in [1.807, 2.05) is 0 Å². The Bertz CT molecular complexity index is 252. The van der Waals surface area contributed by atoms with Gasteiger partial charge in [-0.2, -0.15) is 0 Å². The molecule has 0 radical (unpaired) electrons. The van der Waals surface area contributed by atoms with Gasteiger partial charge in [0, 0.05) is 0 Å². The fraction of sp³-hybridized carbons (Fsp3) is 0.250. The summed E-state index contributed by atoms with van der Waals surface area (Å²) < 4.78 is 0. The summed E-state index contributed by atoms with van der Waals surface area (Å²) in [7, 11) is 0. The largest absolute Gasteiger partial charge is 0.508 e. The van der Waals surface area contributed by atoms with Crippen LogP contribution in [0.4, 0.5) is 0 Å². The van der Waals surface area contributed by atoms with Crippen molar-refractivity contribution in [3.8, 4) is 5.75 Å². The molecule has 0 fully saturated rings. The highest BCUT2D eigenvalue weighted by Gasteiger charge is 2.06. The second-order valence-corrected chi connectivity index (χ2v) is 2.44. The number of aromatic hydroxyl groups is 1. The van der Waals surface area contributed by atoms with Gasteiger partial charge in [0.15, 0.2) is 0 Å². The van der Waals surface area contributed by atoms with Crippen LogP contribution in [0.3, 0.4) is 0 Å². The van der Waals surface area contributed by atoms with Gasteiger partial charge < -0.3 is 15.1 Å². The lowest BCUT2D eigenvalue weighted by molar-refractivity contribution is 0.0358. The monoisotopic (exact) mass is 169 g/mol. The lowest BCUT2D eigenvalue weighted by Gasteiger charge is -2.08. The zero-order chi connectivity index (χ0) is 8.97. The lowest BCUT2D eigenvalue weighted by Crippen LogP contribution is -2.10. The second kappa shape index (κ2) is 4.06. The summed E-state index contributed by atoms with van der Waals surface area (Å²) in [4.78, 5) is 4.27. The summed E-state index contributed by atoms with van der Waals surface area (Å²) >= 11 is 0. The van der Waals surface area contributed by atoms with E-state index in [-0.39, 0.29) is 12.4 Å². The highest BCUT2D eigenvalue weighted by Crippen LogP contribution is 2.17. The van der Waals surface area contributed by atoms with Gasteiger partial charge in [-0.3, -0.25) is 0 Å². The van der Waals surface area contributed by atoms with Gasteiger partial charge in [-0.1, -0.05) is 12.1 Å². The van der Waals surface area contributed by atoms with E-state index in [1.165, 1.54) is 12.1 Å². The van der Waals surface area contributed by atoms with Gasteiger partial charge in [-0.05, 0) is 17.7 Å². The quantitative estimate of drug-likeness (QED) is 0.569. The molecule has 0 saturated carbocycles. The Morgan fingerprint density at radius 3 is 2.83 bits per heavy atom. The number of hydrogen-bond acceptors (Lipinski definition) is 4. The van der Waals surface area contributed by atoms with E-state index in [9.17, 15) is 5.11 Å². The van der Waals surface area contributed by atoms with E-state index < -0.39 is 6.10 Å². The molecule has 4 heteroatoms. The second-order valence-electron chi connectivity index (χ2n) is 2.44. The third-order valence-corrected chi connectivity index (χ3v) is 1.51. The number of rotatable bonds is 3. The van der Waals surface area contributed by atoms with Crippen LogP contribution in [0.2, 0.25) is 0 Å². The van der Waals surface area contributed by atoms with Crippen LogP contribution in [0.25, 0.3) is 0 Å². The average Bonchev–Trinajstić information content (AvgIpc) is 2.05. The first-order valence-corrected chi connectivity index (χ1v) is 3.52. The maximum Gasteiger partial charge on any atom is 0.115 e. The molecule has 1 aromatic carbocycles. The van der Waals surface area contributed by atoms with Crippen molar-refractivity contribution in [1.82, 2.24) is 0 Å². The van der Waals surface area contributed by atoms with Crippen LogP contribution in [-0.4, -0.2) is 16.8 Å². The Balaban J connectivity index is 2.73. The zero-order valence-corrected chi connectivity index (χ0v) is 6.47. The standard InChI is InChI=1S/C8H11NO3/c9-12-5-8(11)6-2-1-3-7(10)4-6/h1-4,8,10-11H,5,9H2. The third kappa shape index (κ3) is 2.20. The fourth-order valence-corrected chi connectivity index (χ4v) is 0.919. The Morgan fingerprint density at radius 1 is 1.50 bits per heavy atom. The van der Waals surface area contributed by atoms with E-state index in [2.05, 4.69) is 4.84 Å². The number of phenolic OH excluding ortho intramolecular Hbond substituents is 1. The molecule has 4 nitrogen and oxygen atoms in total. The molecule has 1 atom stereocenters. The van der Waals surface area contributed by atoms with Crippen LogP contribution >= 0.6 is 0 Å². The Kier molecular flexibility index (Phi) is 3.04. The molecule has 0 aliphatic carbocycles. The summed E-state index contributed by atoms with van der Waals surface area (Å²) in [5, 5.41) is 18.4. The number of aliphatic hydroxyl groups is 1. The molecule has 66 valence electrons. The van der Waals surface area contributed by atoms with Gasteiger partial charge in [0.1, 0.15) is 11.9 Å². The van der Waals surface area contributed by atoms with Crippen molar-refractivity contribution in [2.45, 2.75) is 6.10 Å². The molecule has 0 aromatic heterocycles. The third-order valence-electron chi connectivity index (χ3n) is 1.51. The van der Waals surface area contributed by atoms with Crippen molar-refractivity contribution < 1.29 is 15.1 Å². The molecule has 0 bridgehead atoms. The van der Waals surface area contributed by atoms with Gasteiger partial charge in [0.25, 0.3) is 0 Å². The van der Waals surface area contributed by atoms with Crippen molar-refractivity contribution in [2.75, 3.05) is 6.61 Å². The lowest BCUT2D eigenvalue weighted by atomic mass is 10.1. The van der Waals surface area contributed by atoms with Crippen molar-refractivity contribution in [3.63, 3.8) is 0 Å². The van der Waals surface area contributed by atoms with Crippen molar-refractivity contribution in [2.24, 2.45) is 5.90 Å². The molecule has 1 rings (SSSR count). The van der Waals surface area contributed by atoms with Crippen LogP contribution < -0.4 is 5.90 Å². The SMILES string of the molecule is NOCC(O)c1cccc(O)c1. The molecule has 1 unspecified atom stereocenters. The van der Waals surface area contributed by atoms with Crippen LogP contribution in [-0.2, 0) is 4.84 Å². The van der Waals surface area contributed by atoms with Gasteiger partial charge in [-0.15, -0.1) is 0 Å². The molecule has 0 amide bonds. The molecular weight excluding hydrogens is 158 g/mol. The Labute approximate surface area is 70.2 Å². The highest BCUT2D eigenvalue weighted by molar-refractivity contribution is 5.28. The van der Waals surface area contributed by atoms with Crippen LogP contribution in [0.1, 0.15) is 11.7 Å². The molecular formula is C8H11NO3. The number of hydrogen-bond donors (Lipinski definition) is 3. The highest BCUT2D eigenvalue weighted by atomic mass is 16.6. The molecule has 0 spiro atoms. The molecule has 0 aliphatic heterocycles. The van der Waals surface area contributed by atoms with Crippen molar-refractivity contribution >= 4 is 0 Å². The normalized spacial score (nSPS) is 12.8. The minimum atomic E-state index is -0.790. The minimum Gasteiger partial charge on any atom is -0.508 e. The van der Waals surface area contributed by atoms with Gasteiger partial charge in [0.05, 0.1) is 6.61 Å². The number of benzene rings is 1. The maximum atomic E-state index is 9.33. The Morgan fingerprint density at radius 2 is 2.25 bits per heavy atom. The summed E-state index contributed by atoms with van der Waals surface area (Å²) in [6.45, 7) is 0.0173. The van der Waals surface area contributed by atoms with E-state index >= 15 is 0 Å². The zero-order valence-electron chi connectivity index (χ0n) is 6.47. The van der Waals surface area contributed by atoms with Crippen LogP contribution in [0.15, 0.2) is 24.3 Å². The molecule has 12 heavy (non-hydrogen) atoms. The van der Waals surface area contributed by atoms with Gasteiger partial charge in [-0.25, -0.2) is 5.90 Å². The number of phenols is 1. The summed E-state index contributed by atoms with van der Waals surface area (Å²) in [6.07, 6.45) is -0.790. The topological polar surface area (TPSA) is 75.7 Å². The van der Waals surface area contributed by atoms with E-state index in [4.69, 9.17) is 11.0 Å². The van der Waals surface area contributed by atoms with Gasteiger partial charge in [0.2, 0.25) is 0 Å². The molecule has 0 heterocycles. The molecule has 0 aliphatic rings.